The number of hydrogen-bond donors (Lipinski definition) is 2. The van der Waals surface area contributed by atoms with Crippen molar-refractivity contribution in [1.29, 1.82) is 0 Å². The van der Waals surface area contributed by atoms with Crippen LogP contribution in [-0.4, -0.2) is 17.7 Å². The van der Waals surface area contributed by atoms with E-state index < -0.39 is 0 Å². The zero-order chi connectivity index (χ0) is 11.5. The summed E-state index contributed by atoms with van der Waals surface area (Å²) >= 11 is 5.11. The van der Waals surface area contributed by atoms with Gasteiger partial charge in [-0.2, -0.15) is 0 Å². The van der Waals surface area contributed by atoms with E-state index in [1.54, 1.807) is 11.8 Å². The van der Waals surface area contributed by atoms with Gasteiger partial charge in [-0.3, -0.25) is 4.79 Å². The fraction of sp³-hybridized carbons (Fsp3) is 0.364. The van der Waals surface area contributed by atoms with Crippen LogP contribution < -0.4 is 11.1 Å². The molecule has 1 aromatic carbocycles. The minimum absolute atomic E-state index is 0.160. The number of anilines is 1. The summed E-state index contributed by atoms with van der Waals surface area (Å²) in [7, 11) is 0. The van der Waals surface area contributed by atoms with Crippen LogP contribution >= 0.6 is 27.7 Å². The van der Waals surface area contributed by atoms with Gasteiger partial charge in [0.25, 0.3) is 0 Å². The summed E-state index contributed by atoms with van der Waals surface area (Å²) in [5.74, 6) is 1.04. The van der Waals surface area contributed by atoms with Gasteiger partial charge >= 0.3 is 0 Å². The zero-order valence-corrected chi connectivity index (χ0v) is 11.1. The van der Waals surface area contributed by atoms with E-state index in [1.165, 1.54) is 0 Å². The molecule has 1 atom stereocenters. The van der Waals surface area contributed by atoms with Crippen molar-refractivity contribution in [1.82, 2.24) is 5.32 Å². The van der Waals surface area contributed by atoms with Crippen LogP contribution in [0.1, 0.15) is 12.8 Å². The Morgan fingerprint density at radius 3 is 3.06 bits per heavy atom. The lowest BCUT2D eigenvalue weighted by Gasteiger charge is -2.10. The average molecular weight is 301 g/mol. The maximum absolute atomic E-state index is 11.0. The van der Waals surface area contributed by atoms with Crippen LogP contribution in [0.3, 0.4) is 0 Å². The van der Waals surface area contributed by atoms with E-state index >= 15 is 0 Å². The maximum atomic E-state index is 11.0. The second-order valence-corrected chi connectivity index (χ2v) is 5.77. The number of nitrogen functional groups attached to an aromatic ring is 1. The molecular formula is C11H13BrN2OS. The van der Waals surface area contributed by atoms with Gasteiger partial charge in [-0.15, -0.1) is 11.8 Å². The topological polar surface area (TPSA) is 55.1 Å². The fourth-order valence-electron chi connectivity index (χ4n) is 1.63. The number of rotatable bonds is 3. The molecule has 0 spiro atoms. The molecule has 1 aliphatic rings. The van der Waals surface area contributed by atoms with E-state index in [4.69, 9.17) is 5.73 Å². The Kier molecular flexibility index (Phi) is 3.76. The number of carbonyl (C=O) groups is 1. The first-order valence-electron chi connectivity index (χ1n) is 5.12. The largest absolute Gasteiger partial charge is 0.398 e. The van der Waals surface area contributed by atoms with Crippen LogP contribution in [0.4, 0.5) is 5.69 Å². The lowest BCUT2D eigenvalue weighted by molar-refractivity contribution is -0.119. The van der Waals surface area contributed by atoms with Gasteiger partial charge in [-0.05, 0) is 24.6 Å². The molecule has 3 nitrogen and oxygen atoms in total. The SMILES string of the molecule is Nc1ccc(Br)cc1SCC1CCC(=O)N1. The first-order valence-corrected chi connectivity index (χ1v) is 6.90. The van der Waals surface area contributed by atoms with Crippen molar-refractivity contribution in [2.24, 2.45) is 0 Å². The monoisotopic (exact) mass is 300 g/mol. The quantitative estimate of drug-likeness (QED) is 0.666. The minimum atomic E-state index is 0.160. The van der Waals surface area contributed by atoms with Crippen molar-refractivity contribution in [3.05, 3.63) is 22.7 Å². The number of carbonyl (C=O) groups excluding carboxylic acids is 1. The third-order valence-corrected chi connectivity index (χ3v) is 4.23. The lowest BCUT2D eigenvalue weighted by Crippen LogP contribution is -2.27. The Hall–Kier alpha value is -0.680. The van der Waals surface area contributed by atoms with E-state index in [0.29, 0.717) is 6.42 Å². The molecule has 86 valence electrons. The Morgan fingerprint density at radius 2 is 2.38 bits per heavy atom. The molecule has 1 fully saturated rings. The molecule has 1 saturated heterocycles. The molecule has 0 bridgehead atoms. The first kappa shape index (κ1) is 11.8. The summed E-state index contributed by atoms with van der Waals surface area (Å²) in [5, 5.41) is 2.95. The third-order valence-electron chi connectivity index (χ3n) is 2.50. The van der Waals surface area contributed by atoms with E-state index in [-0.39, 0.29) is 11.9 Å². The van der Waals surface area contributed by atoms with Gasteiger partial charge in [0.1, 0.15) is 0 Å². The molecule has 3 N–H and O–H groups in total. The minimum Gasteiger partial charge on any atom is -0.398 e. The molecule has 1 unspecified atom stereocenters. The summed E-state index contributed by atoms with van der Waals surface area (Å²) in [4.78, 5) is 12.1. The first-order chi connectivity index (χ1) is 7.65. The van der Waals surface area contributed by atoms with Gasteiger partial charge in [0.15, 0.2) is 0 Å². The Morgan fingerprint density at radius 1 is 1.56 bits per heavy atom. The standard InChI is InChI=1S/C11H13BrN2OS/c12-7-1-3-9(13)10(5-7)16-6-8-2-4-11(15)14-8/h1,3,5,8H,2,4,6,13H2,(H,14,15). The molecule has 1 aromatic rings. The van der Waals surface area contributed by atoms with Crippen LogP contribution in [0.25, 0.3) is 0 Å². The van der Waals surface area contributed by atoms with Crippen molar-refractivity contribution in [3.63, 3.8) is 0 Å². The second kappa shape index (κ2) is 5.10. The number of halogens is 1. The van der Waals surface area contributed by atoms with Crippen molar-refractivity contribution in [2.75, 3.05) is 11.5 Å². The van der Waals surface area contributed by atoms with Crippen LogP contribution in [0.5, 0.6) is 0 Å². The molecule has 16 heavy (non-hydrogen) atoms. The fourth-order valence-corrected chi connectivity index (χ4v) is 3.21. The molecule has 1 aliphatic heterocycles. The molecule has 1 heterocycles. The predicted molar refractivity (Wildman–Crippen MR) is 70.4 cm³/mol. The number of benzene rings is 1. The number of nitrogens with two attached hydrogens (primary N) is 1. The highest BCUT2D eigenvalue weighted by Gasteiger charge is 2.20. The molecule has 0 saturated carbocycles. The van der Waals surface area contributed by atoms with E-state index in [2.05, 4.69) is 21.2 Å². The van der Waals surface area contributed by atoms with Gasteiger partial charge in [0.2, 0.25) is 5.91 Å². The second-order valence-electron chi connectivity index (χ2n) is 3.80. The summed E-state index contributed by atoms with van der Waals surface area (Å²) in [6.07, 6.45) is 1.58. The Bertz CT molecular complexity index is 411. The Balaban J connectivity index is 1.94. The van der Waals surface area contributed by atoms with Crippen LogP contribution in [0, 0.1) is 0 Å². The molecular weight excluding hydrogens is 288 g/mol. The van der Waals surface area contributed by atoms with Gasteiger partial charge in [-0.25, -0.2) is 0 Å². The smallest absolute Gasteiger partial charge is 0.220 e. The molecule has 0 radical (unpaired) electrons. The molecule has 5 heteroatoms. The van der Waals surface area contributed by atoms with Crippen molar-refractivity contribution < 1.29 is 4.79 Å². The van der Waals surface area contributed by atoms with E-state index in [9.17, 15) is 4.79 Å². The lowest BCUT2D eigenvalue weighted by atomic mass is 10.2. The summed E-state index contributed by atoms with van der Waals surface area (Å²) in [6.45, 7) is 0. The highest BCUT2D eigenvalue weighted by atomic mass is 79.9. The molecule has 0 aromatic heterocycles. The molecule has 2 rings (SSSR count). The van der Waals surface area contributed by atoms with Crippen LogP contribution in [0.2, 0.25) is 0 Å². The summed E-state index contributed by atoms with van der Waals surface area (Å²) in [5.41, 5.74) is 6.66. The van der Waals surface area contributed by atoms with Crippen molar-refractivity contribution in [3.8, 4) is 0 Å². The van der Waals surface area contributed by atoms with Crippen molar-refractivity contribution in [2.45, 2.75) is 23.8 Å². The maximum Gasteiger partial charge on any atom is 0.220 e. The average Bonchev–Trinajstić information content (AvgIpc) is 2.66. The van der Waals surface area contributed by atoms with Crippen molar-refractivity contribution >= 4 is 39.3 Å². The van der Waals surface area contributed by atoms with Crippen LogP contribution in [0.15, 0.2) is 27.6 Å². The summed E-state index contributed by atoms with van der Waals surface area (Å²) in [6, 6.07) is 6.11. The Labute approximate surface area is 107 Å². The number of amides is 1. The van der Waals surface area contributed by atoms with E-state index in [1.807, 2.05) is 18.2 Å². The molecule has 0 aliphatic carbocycles. The highest BCUT2D eigenvalue weighted by molar-refractivity contribution is 9.10. The van der Waals surface area contributed by atoms with E-state index in [0.717, 1.165) is 27.2 Å². The van der Waals surface area contributed by atoms with Gasteiger partial charge < -0.3 is 11.1 Å². The highest BCUT2D eigenvalue weighted by Crippen LogP contribution is 2.29. The zero-order valence-electron chi connectivity index (χ0n) is 8.70. The van der Waals surface area contributed by atoms with Crippen LogP contribution in [-0.2, 0) is 4.79 Å². The predicted octanol–water partition coefficient (Wildman–Crippen LogP) is 2.40. The van der Waals surface area contributed by atoms with Gasteiger partial charge in [0.05, 0.1) is 0 Å². The summed E-state index contributed by atoms with van der Waals surface area (Å²) < 4.78 is 1.03. The molecule has 1 amide bonds. The van der Waals surface area contributed by atoms with Gasteiger partial charge in [0, 0.05) is 33.3 Å². The normalized spacial score (nSPS) is 19.8. The van der Waals surface area contributed by atoms with Gasteiger partial charge in [-0.1, -0.05) is 15.9 Å². The number of thioether (sulfide) groups is 1. The number of nitrogens with one attached hydrogen (secondary N) is 1. The number of hydrogen-bond acceptors (Lipinski definition) is 3. The third kappa shape index (κ3) is 2.92.